The van der Waals surface area contributed by atoms with E-state index < -0.39 is 0 Å². The van der Waals surface area contributed by atoms with Crippen molar-refractivity contribution < 1.29 is 4.42 Å². The molecule has 6 heteroatoms. The molecule has 0 amide bonds. The van der Waals surface area contributed by atoms with Gasteiger partial charge in [-0.1, -0.05) is 0 Å². The maximum absolute atomic E-state index is 12.3. The third-order valence-electron chi connectivity index (χ3n) is 4.91. The number of nitrogens with zero attached hydrogens (tertiary/aromatic N) is 4. The number of aryl methyl sites for hydroxylation is 3. The molecule has 1 aliphatic heterocycles. The highest BCUT2D eigenvalue weighted by molar-refractivity contribution is 5.22. The molecule has 1 atom stereocenters. The first kappa shape index (κ1) is 14.6. The highest BCUT2D eigenvalue weighted by Crippen LogP contribution is 2.22. The van der Waals surface area contributed by atoms with E-state index in [2.05, 4.69) is 15.0 Å². The Morgan fingerprint density at radius 2 is 2.26 bits per heavy atom. The zero-order valence-electron chi connectivity index (χ0n) is 13.5. The highest BCUT2D eigenvalue weighted by Gasteiger charge is 2.27. The summed E-state index contributed by atoms with van der Waals surface area (Å²) in [6, 6.07) is 2.11. The Kier molecular flexibility index (Phi) is 3.77. The number of likely N-dealkylation sites (tertiary alicyclic amines) is 1. The fourth-order valence-corrected chi connectivity index (χ4v) is 3.73. The van der Waals surface area contributed by atoms with Gasteiger partial charge in [-0.05, 0) is 51.1 Å². The second-order valence-corrected chi connectivity index (χ2v) is 6.62. The summed E-state index contributed by atoms with van der Waals surface area (Å²) >= 11 is 0. The normalized spacial score (nSPS) is 21.0. The van der Waals surface area contributed by atoms with Crippen molar-refractivity contribution in [2.75, 3.05) is 6.54 Å². The van der Waals surface area contributed by atoms with Gasteiger partial charge in [-0.15, -0.1) is 0 Å². The largest absolute Gasteiger partial charge is 0.445 e. The quantitative estimate of drug-likeness (QED) is 0.859. The van der Waals surface area contributed by atoms with Crippen molar-refractivity contribution in [3.63, 3.8) is 0 Å². The number of fused-ring (bicyclic) bond motifs is 1. The topological polar surface area (TPSA) is 64.2 Å². The average Bonchev–Trinajstić information content (AvgIpc) is 3.23. The van der Waals surface area contributed by atoms with Crippen molar-refractivity contribution in [2.45, 2.75) is 58.2 Å². The van der Waals surface area contributed by atoms with Gasteiger partial charge in [0.05, 0.1) is 25.0 Å². The second-order valence-electron chi connectivity index (χ2n) is 6.62. The van der Waals surface area contributed by atoms with Crippen molar-refractivity contribution >= 4 is 0 Å². The van der Waals surface area contributed by atoms with Crippen LogP contribution >= 0.6 is 0 Å². The van der Waals surface area contributed by atoms with Crippen molar-refractivity contribution in [1.29, 1.82) is 0 Å². The molecule has 23 heavy (non-hydrogen) atoms. The summed E-state index contributed by atoms with van der Waals surface area (Å²) in [5.74, 6) is 1.59. The molecule has 2 aromatic rings. The van der Waals surface area contributed by atoms with Crippen LogP contribution in [0.5, 0.6) is 0 Å². The van der Waals surface area contributed by atoms with Crippen LogP contribution in [0.3, 0.4) is 0 Å². The summed E-state index contributed by atoms with van der Waals surface area (Å²) in [7, 11) is 0. The van der Waals surface area contributed by atoms with E-state index in [0.717, 1.165) is 61.6 Å². The Morgan fingerprint density at radius 3 is 3.09 bits per heavy atom. The molecule has 0 bridgehead atoms. The Balaban J connectivity index is 1.50. The zero-order valence-corrected chi connectivity index (χ0v) is 13.5. The standard InChI is InChI=1S/C17H22N4O2/c1-12-9-18-16(23-12)11-20-7-3-5-14(20)10-21-17(22)8-13-4-2-6-15(13)19-21/h8-9,14H,2-7,10-11H2,1H3. The predicted molar refractivity (Wildman–Crippen MR) is 85.2 cm³/mol. The molecule has 122 valence electrons. The summed E-state index contributed by atoms with van der Waals surface area (Å²) in [6.45, 7) is 4.29. The molecule has 2 aliphatic rings. The van der Waals surface area contributed by atoms with Crippen LogP contribution in [-0.4, -0.2) is 32.3 Å². The first-order valence-electron chi connectivity index (χ1n) is 8.44. The van der Waals surface area contributed by atoms with E-state index >= 15 is 0 Å². The molecule has 1 aliphatic carbocycles. The number of hydrogen-bond donors (Lipinski definition) is 0. The number of aromatic nitrogens is 3. The molecule has 3 heterocycles. The number of oxazole rings is 1. The molecule has 4 rings (SSSR count). The zero-order chi connectivity index (χ0) is 15.8. The fourth-order valence-electron chi connectivity index (χ4n) is 3.73. The minimum absolute atomic E-state index is 0.0319. The molecule has 0 spiro atoms. The van der Waals surface area contributed by atoms with Crippen LogP contribution in [0.15, 0.2) is 21.5 Å². The van der Waals surface area contributed by atoms with Crippen LogP contribution in [0.4, 0.5) is 0 Å². The third kappa shape index (κ3) is 2.95. The monoisotopic (exact) mass is 314 g/mol. The molecule has 1 fully saturated rings. The van der Waals surface area contributed by atoms with Gasteiger partial charge in [0.25, 0.3) is 5.56 Å². The first-order valence-corrected chi connectivity index (χ1v) is 8.44. The minimum atomic E-state index is 0.0319. The molecule has 2 aromatic heterocycles. The van der Waals surface area contributed by atoms with Gasteiger partial charge in [0.2, 0.25) is 5.89 Å². The summed E-state index contributed by atoms with van der Waals surface area (Å²) in [4.78, 5) is 18.9. The maximum atomic E-state index is 12.3. The third-order valence-corrected chi connectivity index (χ3v) is 4.91. The van der Waals surface area contributed by atoms with Gasteiger partial charge in [0, 0.05) is 12.1 Å². The van der Waals surface area contributed by atoms with E-state index in [1.54, 1.807) is 16.9 Å². The molecule has 0 aromatic carbocycles. The smallest absolute Gasteiger partial charge is 0.267 e. The molecule has 1 unspecified atom stereocenters. The first-order chi connectivity index (χ1) is 11.2. The van der Waals surface area contributed by atoms with Gasteiger partial charge in [-0.3, -0.25) is 9.69 Å². The van der Waals surface area contributed by atoms with E-state index in [4.69, 9.17) is 4.42 Å². The van der Waals surface area contributed by atoms with E-state index in [1.165, 1.54) is 0 Å². The van der Waals surface area contributed by atoms with Crippen molar-refractivity contribution in [3.8, 4) is 0 Å². The lowest BCUT2D eigenvalue weighted by Crippen LogP contribution is -2.37. The van der Waals surface area contributed by atoms with Gasteiger partial charge in [-0.2, -0.15) is 5.10 Å². The molecular weight excluding hydrogens is 292 g/mol. The molecular formula is C17H22N4O2. The van der Waals surface area contributed by atoms with Gasteiger partial charge in [-0.25, -0.2) is 9.67 Å². The highest BCUT2D eigenvalue weighted by atomic mass is 16.4. The Bertz CT molecular complexity index is 764. The van der Waals surface area contributed by atoms with Crippen LogP contribution in [0, 0.1) is 6.92 Å². The van der Waals surface area contributed by atoms with Gasteiger partial charge < -0.3 is 4.42 Å². The van der Waals surface area contributed by atoms with Crippen LogP contribution in [0.25, 0.3) is 0 Å². The van der Waals surface area contributed by atoms with E-state index in [0.29, 0.717) is 19.1 Å². The maximum Gasteiger partial charge on any atom is 0.267 e. The lowest BCUT2D eigenvalue weighted by Gasteiger charge is -2.23. The van der Waals surface area contributed by atoms with Crippen molar-refractivity contribution in [2.24, 2.45) is 0 Å². The average molecular weight is 314 g/mol. The number of hydrogen-bond acceptors (Lipinski definition) is 5. The number of rotatable bonds is 4. The predicted octanol–water partition coefficient (Wildman–Crippen LogP) is 1.69. The lowest BCUT2D eigenvalue weighted by atomic mass is 10.2. The summed E-state index contributed by atoms with van der Waals surface area (Å²) in [6.07, 6.45) is 7.10. The lowest BCUT2D eigenvalue weighted by molar-refractivity contribution is 0.196. The molecule has 6 nitrogen and oxygen atoms in total. The van der Waals surface area contributed by atoms with E-state index in [9.17, 15) is 4.79 Å². The minimum Gasteiger partial charge on any atom is -0.445 e. The van der Waals surface area contributed by atoms with Gasteiger partial charge in [0.15, 0.2) is 0 Å². The van der Waals surface area contributed by atoms with Crippen LogP contribution < -0.4 is 5.56 Å². The van der Waals surface area contributed by atoms with E-state index in [1.807, 2.05) is 6.92 Å². The Morgan fingerprint density at radius 1 is 1.35 bits per heavy atom. The van der Waals surface area contributed by atoms with Gasteiger partial charge in [0.1, 0.15) is 5.76 Å². The molecule has 1 saturated heterocycles. The fraction of sp³-hybridized carbons (Fsp3) is 0.588. The SMILES string of the molecule is Cc1cnc(CN2CCCC2Cn2nc3c(cc2=O)CCC3)o1. The molecule has 0 saturated carbocycles. The molecule has 0 radical (unpaired) electrons. The van der Waals surface area contributed by atoms with Crippen LogP contribution in [0.1, 0.15) is 42.2 Å². The van der Waals surface area contributed by atoms with Crippen molar-refractivity contribution in [1.82, 2.24) is 19.7 Å². The Labute approximate surface area is 135 Å². The van der Waals surface area contributed by atoms with Crippen molar-refractivity contribution in [3.05, 3.63) is 45.5 Å². The van der Waals surface area contributed by atoms with Gasteiger partial charge >= 0.3 is 0 Å². The van der Waals surface area contributed by atoms with E-state index in [-0.39, 0.29) is 5.56 Å². The molecule has 0 N–H and O–H groups in total. The summed E-state index contributed by atoms with van der Waals surface area (Å²) in [5.41, 5.74) is 2.28. The van der Waals surface area contributed by atoms with Crippen LogP contribution in [-0.2, 0) is 25.9 Å². The summed E-state index contributed by atoms with van der Waals surface area (Å²) in [5, 5.41) is 4.60. The summed E-state index contributed by atoms with van der Waals surface area (Å²) < 4.78 is 7.25. The Hall–Kier alpha value is -1.95. The second kappa shape index (κ2) is 5.92. The van der Waals surface area contributed by atoms with Crippen LogP contribution in [0.2, 0.25) is 0 Å².